The van der Waals surface area contributed by atoms with Gasteiger partial charge >= 0.3 is 0 Å². The van der Waals surface area contributed by atoms with Crippen LogP contribution in [-0.2, 0) is 4.79 Å². The molecule has 1 aromatic carbocycles. The summed E-state index contributed by atoms with van der Waals surface area (Å²) in [7, 11) is 1.64. The fourth-order valence-electron chi connectivity index (χ4n) is 3.58. The summed E-state index contributed by atoms with van der Waals surface area (Å²) in [6.07, 6.45) is 3.48. The number of carbonyl (C=O) groups excluding carboxylic acids is 1. The zero-order valence-electron chi connectivity index (χ0n) is 18.4. The molecule has 3 aromatic rings. The highest BCUT2D eigenvalue weighted by molar-refractivity contribution is 7.99. The number of ether oxygens (including phenoxy) is 1. The van der Waals surface area contributed by atoms with E-state index in [2.05, 4.69) is 25.7 Å². The lowest BCUT2D eigenvalue weighted by Gasteiger charge is -2.29. The first-order valence-corrected chi connectivity index (χ1v) is 11.4. The second kappa shape index (κ2) is 9.90. The van der Waals surface area contributed by atoms with Crippen molar-refractivity contribution < 1.29 is 9.53 Å². The van der Waals surface area contributed by atoms with Crippen LogP contribution in [0.15, 0.2) is 40.4 Å². The van der Waals surface area contributed by atoms with E-state index >= 15 is 0 Å². The van der Waals surface area contributed by atoms with Crippen molar-refractivity contribution in [2.24, 2.45) is 0 Å². The lowest BCUT2D eigenvalue weighted by molar-refractivity contribution is -0.114. The summed E-state index contributed by atoms with van der Waals surface area (Å²) < 4.78 is 5.75. The highest BCUT2D eigenvalue weighted by atomic mass is 32.2. The molecule has 10 heteroatoms. The van der Waals surface area contributed by atoms with Gasteiger partial charge in [-0.15, -0.1) is 0 Å². The Morgan fingerprint density at radius 2 is 1.91 bits per heavy atom. The van der Waals surface area contributed by atoms with Crippen LogP contribution in [0, 0.1) is 6.92 Å². The lowest BCUT2D eigenvalue weighted by atomic mass is 10.1. The number of carbonyl (C=O) groups is 1. The number of H-pyrrole nitrogens is 1. The second-order valence-electron chi connectivity index (χ2n) is 7.63. The summed E-state index contributed by atoms with van der Waals surface area (Å²) in [5.41, 5.74) is 1.70. The molecule has 1 aliphatic heterocycles. The fraction of sp³-hybridized carbons (Fsp3) is 0.364. The second-order valence-corrected chi connectivity index (χ2v) is 8.67. The minimum absolute atomic E-state index is 0.0978. The smallest absolute Gasteiger partial charge is 0.221 e. The monoisotopic (exact) mass is 453 g/mol. The number of methoxy groups -OCH3 is 1. The molecule has 32 heavy (non-hydrogen) atoms. The molecule has 3 heterocycles. The van der Waals surface area contributed by atoms with Gasteiger partial charge in [0, 0.05) is 42.4 Å². The van der Waals surface area contributed by atoms with Crippen molar-refractivity contribution in [2.45, 2.75) is 43.2 Å². The highest BCUT2D eigenvalue weighted by Crippen LogP contribution is 2.39. The van der Waals surface area contributed by atoms with E-state index in [9.17, 15) is 4.79 Å². The number of aryl methyl sites for hydroxylation is 1. The number of amides is 1. The van der Waals surface area contributed by atoms with Crippen LogP contribution in [-0.4, -0.2) is 46.3 Å². The number of anilines is 4. The van der Waals surface area contributed by atoms with E-state index in [4.69, 9.17) is 14.7 Å². The third-order valence-electron chi connectivity index (χ3n) is 5.02. The third kappa shape index (κ3) is 5.31. The van der Waals surface area contributed by atoms with Crippen molar-refractivity contribution in [2.75, 3.05) is 35.7 Å². The average molecular weight is 454 g/mol. The molecule has 1 saturated heterocycles. The summed E-state index contributed by atoms with van der Waals surface area (Å²) in [6, 6.07) is 9.52. The Kier molecular flexibility index (Phi) is 6.79. The van der Waals surface area contributed by atoms with Crippen molar-refractivity contribution in [1.82, 2.24) is 20.2 Å². The Morgan fingerprint density at radius 3 is 2.53 bits per heavy atom. The first-order chi connectivity index (χ1) is 15.5. The van der Waals surface area contributed by atoms with Gasteiger partial charge in [-0.25, -0.2) is 9.97 Å². The predicted molar refractivity (Wildman–Crippen MR) is 126 cm³/mol. The van der Waals surface area contributed by atoms with Gasteiger partial charge in [-0.05, 0) is 62.2 Å². The number of piperidine rings is 1. The molecule has 1 aliphatic rings. The van der Waals surface area contributed by atoms with E-state index in [1.807, 2.05) is 37.3 Å². The molecular formula is C22H27N7O2S. The van der Waals surface area contributed by atoms with E-state index in [1.165, 1.54) is 25.1 Å². The SMILES string of the molecule is COc1c(Nc2cc(C)[nH]n2)nc(Sc2ccc(NC(C)=O)cc2)nc1N1CCCCC1. The normalized spacial score (nSPS) is 13.7. The number of benzene rings is 1. The van der Waals surface area contributed by atoms with Gasteiger partial charge in [0.1, 0.15) is 0 Å². The Labute approximate surface area is 191 Å². The zero-order chi connectivity index (χ0) is 22.5. The summed E-state index contributed by atoms with van der Waals surface area (Å²) >= 11 is 1.46. The molecule has 3 N–H and O–H groups in total. The van der Waals surface area contributed by atoms with Crippen LogP contribution in [0.3, 0.4) is 0 Å². The van der Waals surface area contributed by atoms with Crippen LogP contribution in [0.2, 0.25) is 0 Å². The van der Waals surface area contributed by atoms with Gasteiger partial charge in [0.05, 0.1) is 7.11 Å². The summed E-state index contributed by atoms with van der Waals surface area (Å²) in [6.45, 7) is 5.31. The Bertz CT molecular complexity index is 1080. The number of aromatic nitrogens is 4. The van der Waals surface area contributed by atoms with Crippen LogP contribution in [0.25, 0.3) is 0 Å². The van der Waals surface area contributed by atoms with Crippen LogP contribution < -0.4 is 20.3 Å². The Morgan fingerprint density at radius 1 is 1.16 bits per heavy atom. The largest absolute Gasteiger partial charge is 0.490 e. The molecule has 0 bridgehead atoms. The van der Waals surface area contributed by atoms with Crippen LogP contribution in [0.4, 0.5) is 23.1 Å². The topological polar surface area (TPSA) is 108 Å². The summed E-state index contributed by atoms with van der Waals surface area (Å²) in [4.78, 5) is 24.1. The van der Waals surface area contributed by atoms with E-state index in [-0.39, 0.29) is 5.91 Å². The van der Waals surface area contributed by atoms with Crippen molar-refractivity contribution in [1.29, 1.82) is 0 Å². The molecule has 1 fully saturated rings. The summed E-state index contributed by atoms with van der Waals surface area (Å²) in [5, 5.41) is 13.9. The minimum atomic E-state index is -0.0978. The molecule has 1 amide bonds. The molecule has 0 radical (unpaired) electrons. The standard InChI is InChI=1S/C22H27N7O2S/c1-14-13-18(28-27-14)24-20-19(31-3)21(29-11-5-4-6-12-29)26-22(25-20)32-17-9-7-16(8-10-17)23-15(2)30/h7-10,13H,4-6,11-12H2,1-3H3,(H,23,30)(H2,24,25,26,27,28). The first kappa shape index (κ1) is 21.9. The van der Waals surface area contributed by atoms with Crippen molar-refractivity contribution in [3.05, 3.63) is 36.0 Å². The zero-order valence-corrected chi connectivity index (χ0v) is 19.3. The molecule has 0 atom stereocenters. The summed E-state index contributed by atoms with van der Waals surface area (Å²) in [5.74, 6) is 2.54. The van der Waals surface area contributed by atoms with Crippen molar-refractivity contribution in [3.8, 4) is 5.75 Å². The van der Waals surface area contributed by atoms with Gasteiger partial charge in [0.2, 0.25) is 11.7 Å². The predicted octanol–water partition coefficient (Wildman–Crippen LogP) is 4.36. The van der Waals surface area contributed by atoms with E-state index < -0.39 is 0 Å². The third-order valence-corrected chi connectivity index (χ3v) is 5.90. The van der Waals surface area contributed by atoms with E-state index in [1.54, 1.807) is 7.11 Å². The Balaban J connectivity index is 1.67. The van der Waals surface area contributed by atoms with Crippen molar-refractivity contribution in [3.63, 3.8) is 0 Å². The Hall–Kier alpha value is -3.27. The molecule has 2 aromatic heterocycles. The number of nitrogens with one attached hydrogen (secondary N) is 3. The molecule has 0 saturated carbocycles. The minimum Gasteiger partial charge on any atom is -0.490 e. The van der Waals surface area contributed by atoms with Gasteiger partial charge < -0.3 is 20.3 Å². The van der Waals surface area contributed by atoms with Gasteiger partial charge in [0.15, 0.2) is 22.6 Å². The maximum absolute atomic E-state index is 11.3. The maximum Gasteiger partial charge on any atom is 0.221 e. The number of hydrogen-bond acceptors (Lipinski definition) is 8. The quantitative estimate of drug-likeness (QED) is 0.453. The number of hydrogen-bond donors (Lipinski definition) is 3. The van der Waals surface area contributed by atoms with Crippen LogP contribution >= 0.6 is 11.8 Å². The average Bonchev–Trinajstić information content (AvgIpc) is 3.19. The van der Waals surface area contributed by atoms with Gasteiger partial charge in [-0.2, -0.15) is 5.10 Å². The van der Waals surface area contributed by atoms with Crippen LogP contribution in [0.5, 0.6) is 5.75 Å². The van der Waals surface area contributed by atoms with E-state index in [0.717, 1.165) is 48.0 Å². The molecule has 0 aliphatic carbocycles. The van der Waals surface area contributed by atoms with Crippen molar-refractivity contribution >= 4 is 40.8 Å². The number of nitrogens with zero attached hydrogens (tertiary/aromatic N) is 4. The van der Waals surface area contributed by atoms with E-state index in [0.29, 0.717) is 22.5 Å². The lowest BCUT2D eigenvalue weighted by Crippen LogP contribution is -2.31. The molecule has 0 unspecified atom stereocenters. The number of rotatable bonds is 7. The molecule has 4 rings (SSSR count). The molecule has 0 spiro atoms. The van der Waals surface area contributed by atoms with Gasteiger partial charge in [-0.1, -0.05) is 0 Å². The first-order valence-electron chi connectivity index (χ1n) is 10.6. The van der Waals surface area contributed by atoms with Gasteiger partial charge in [0.25, 0.3) is 0 Å². The molecular weight excluding hydrogens is 426 g/mol. The molecule has 168 valence electrons. The highest BCUT2D eigenvalue weighted by Gasteiger charge is 2.23. The fourth-order valence-corrected chi connectivity index (χ4v) is 4.33. The molecule has 9 nitrogen and oxygen atoms in total. The maximum atomic E-state index is 11.3. The number of aromatic amines is 1. The van der Waals surface area contributed by atoms with Gasteiger partial charge in [-0.3, -0.25) is 9.89 Å². The van der Waals surface area contributed by atoms with Crippen LogP contribution in [0.1, 0.15) is 31.9 Å².